The Balaban J connectivity index is 1.79. The molecule has 3 N–H and O–H groups in total. The molecule has 0 spiro atoms. The van der Waals surface area contributed by atoms with Crippen molar-refractivity contribution in [3.63, 3.8) is 0 Å². The molecule has 4 aliphatic carbocycles. The molecule has 1 unspecified atom stereocenters. The molecule has 0 aromatic carbocycles. The van der Waals surface area contributed by atoms with Crippen molar-refractivity contribution in [2.45, 2.75) is 71.0 Å². The molecule has 160 valence electrons. The molecular weight excluding hydrogens is 372 g/mol. The molecule has 0 bridgehead atoms. The van der Waals surface area contributed by atoms with Crippen molar-refractivity contribution < 1.29 is 29.7 Å². The van der Waals surface area contributed by atoms with Crippen LogP contribution >= 0.6 is 0 Å². The van der Waals surface area contributed by atoms with E-state index in [0.29, 0.717) is 12.8 Å². The maximum atomic E-state index is 12.5. The molecule has 0 aliphatic heterocycles. The topological polar surface area (TPSA) is 112 Å². The Bertz CT molecular complexity index is 801. The molecule has 6 nitrogen and oxygen atoms in total. The van der Waals surface area contributed by atoms with Crippen LogP contribution in [0.25, 0.3) is 0 Å². The maximum Gasteiger partial charge on any atom is 0.190 e. The Kier molecular flexibility index (Phi) is 4.73. The van der Waals surface area contributed by atoms with Crippen LogP contribution in [-0.2, 0) is 14.4 Å². The van der Waals surface area contributed by atoms with Gasteiger partial charge in [0.2, 0.25) is 0 Å². The molecular formula is C23H32O6. The van der Waals surface area contributed by atoms with Crippen molar-refractivity contribution in [3.05, 3.63) is 11.6 Å². The van der Waals surface area contributed by atoms with Crippen LogP contribution in [0, 0.1) is 34.5 Å². The minimum atomic E-state index is -1.63. The van der Waals surface area contributed by atoms with Gasteiger partial charge in [-0.2, -0.15) is 0 Å². The van der Waals surface area contributed by atoms with Gasteiger partial charge in [-0.25, -0.2) is 0 Å². The molecule has 0 amide bonds. The van der Waals surface area contributed by atoms with E-state index in [0.717, 1.165) is 12.0 Å². The lowest BCUT2D eigenvalue weighted by Gasteiger charge is -2.61. The van der Waals surface area contributed by atoms with Gasteiger partial charge < -0.3 is 15.3 Å². The standard InChI is InChI=1S/C23H32O6/c1-12(25)17-9-14(26)8-13-4-5-15-16-6-7-23(29,19(28)11-24)21(16,2)10-18(27)20(15)22(13,17)3/h8,15-18,20,24,27,29H,4-7,9-11H2,1-3H3/t15-,16-,17?,18-,20+,21-,22-,23-/m0/s1. The summed E-state index contributed by atoms with van der Waals surface area (Å²) in [6, 6.07) is 0. The number of rotatable bonds is 3. The van der Waals surface area contributed by atoms with E-state index in [1.807, 2.05) is 13.8 Å². The fraction of sp³-hybridized carbons (Fsp3) is 0.783. The summed E-state index contributed by atoms with van der Waals surface area (Å²) in [4.78, 5) is 37.3. The molecule has 0 heterocycles. The SMILES string of the molecule is CC(=O)C1CC(=O)C=C2CC[C@@H]3[C@H]([C@@H](O)C[C@@]4(C)[C@H]3CC[C@]4(O)C(=O)CO)[C@@]21C. The monoisotopic (exact) mass is 404 g/mol. The number of aliphatic hydroxyl groups excluding tert-OH is 2. The van der Waals surface area contributed by atoms with Crippen LogP contribution in [0.5, 0.6) is 0 Å². The minimum absolute atomic E-state index is 0.0185. The molecule has 0 radical (unpaired) electrons. The Morgan fingerprint density at radius 2 is 1.93 bits per heavy atom. The highest BCUT2D eigenvalue weighted by atomic mass is 16.3. The third-order valence-corrected chi connectivity index (χ3v) is 9.30. The van der Waals surface area contributed by atoms with Crippen LogP contribution in [-0.4, -0.2) is 51.0 Å². The van der Waals surface area contributed by atoms with E-state index in [9.17, 15) is 29.7 Å². The second kappa shape index (κ2) is 6.56. The fourth-order valence-corrected chi connectivity index (χ4v) is 7.91. The van der Waals surface area contributed by atoms with Crippen molar-refractivity contribution in [1.29, 1.82) is 0 Å². The summed E-state index contributed by atoms with van der Waals surface area (Å²) in [5.74, 6) is -1.15. The summed E-state index contributed by atoms with van der Waals surface area (Å²) in [7, 11) is 0. The van der Waals surface area contributed by atoms with E-state index in [4.69, 9.17) is 0 Å². The number of hydrogen-bond acceptors (Lipinski definition) is 6. The molecule has 0 aromatic heterocycles. The summed E-state index contributed by atoms with van der Waals surface area (Å²) >= 11 is 0. The van der Waals surface area contributed by atoms with Crippen LogP contribution in [0.3, 0.4) is 0 Å². The van der Waals surface area contributed by atoms with Crippen LogP contribution in [0.2, 0.25) is 0 Å². The summed E-state index contributed by atoms with van der Waals surface area (Å²) in [6.45, 7) is 4.73. The first kappa shape index (κ1) is 20.9. The zero-order valence-electron chi connectivity index (χ0n) is 17.5. The molecule has 4 rings (SSSR count). The molecule has 3 saturated carbocycles. The van der Waals surface area contributed by atoms with Gasteiger partial charge in [-0.1, -0.05) is 19.4 Å². The van der Waals surface area contributed by atoms with Gasteiger partial charge in [-0.05, 0) is 62.9 Å². The molecule has 6 heteroatoms. The average molecular weight is 405 g/mol. The third kappa shape index (κ3) is 2.55. The number of allylic oxidation sites excluding steroid dienone is 1. The summed E-state index contributed by atoms with van der Waals surface area (Å²) in [5.41, 5.74) is -2.04. The van der Waals surface area contributed by atoms with E-state index < -0.39 is 40.8 Å². The predicted molar refractivity (Wildman–Crippen MR) is 105 cm³/mol. The van der Waals surface area contributed by atoms with Gasteiger partial charge in [-0.15, -0.1) is 0 Å². The molecule has 4 aliphatic rings. The van der Waals surface area contributed by atoms with E-state index in [1.54, 1.807) is 6.08 Å². The van der Waals surface area contributed by atoms with Gasteiger partial charge in [-0.3, -0.25) is 14.4 Å². The summed E-state index contributed by atoms with van der Waals surface area (Å²) in [5, 5.41) is 32.1. The lowest BCUT2D eigenvalue weighted by Crippen LogP contribution is -2.63. The normalized spacial score (nSPS) is 49.0. The number of aliphatic hydroxyl groups is 3. The van der Waals surface area contributed by atoms with Gasteiger partial charge in [0.1, 0.15) is 18.0 Å². The van der Waals surface area contributed by atoms with E-state index in [2.05, 4.69) is 0 Å². The van der Waals surface area contributed by atoms with Crippen molar-refractivity contribution in [2.24, 2.45) is 34.5 Å². The van der Waals surface area contributed by atoms with Gasteiger partial charge in [0.05, 0.1) is 6.10 Å². The smallest absolute Gasteiger partial charge is 0.190 e. The summed E-state index contributed by atoms with van der Waals surface area (Å²) in [6.07, 6.45) is 3.74. The molecule has 8 atom stereocenters. The zero-order valence-corrected chi connectivity index (χ0v) is 17.5. The van der Waals surface area contributed by atoms with E-state index in [1.165, 1.54) is 6.92 Å². The molecule has 0 aromatic rings. The Labute approximate surface area is 171 Å². The van der Waals surface area contributed by atoms with Crippen molar-refractivity contribution in [1.82, 2.24) is 0 Å². The molecule has 0 saturated heterocycles. The first-order valence-electron chi connectivity index (χ1n) is 10.8. The number of carbonyl (C=O) groups excluding carboxylic acids is 3. The molecule has 29 heavy (non-hydrogen) atoms. The highest BCUT2D eigenvalue weighted by Gasteiger charge is 2.69. The van der Waals surface area contributed by atoms with Crippen LogP contribution in [0.4, 0.5) is 0 Å². The van der Waals surface area contributed by atoms with Gasteiger partial charge in [0.15, 0.2) is 11.6 Å². The van der Waals surface area contributed by atoms with Gasteiger partial charge in [0, 0.05) is 23.2 Å². The number of Topliss-reactive ketones (excluding diaryl/α,β-unsaturated/α-hetero) is 2. The van der Waals surface area contributed by atoms with E-state index >= 15 is 0 Å². The van der Waals surface area contributed by atoms with Crippen molar-refractivity contribution in [2.75, 3.05) is 6.61 Å². The number of ketones is 3. The lowest BCUT2D eigenvalue weighted by molar-refractivity contribution is -0.186. The first-order valence-corrected chi connectivity index (χ1v) is 10.8. The number of fused-ring (bicyclic) bond motifs is 5. The van der Waals surface area contributed by atoms with Crippen LogP contribution in [0.1, 0.15) is 59.3 Å². The lowest BCUT2D eigenvalue weighted by atomic mass is 9.43. The average Bonchev–Trinajstić information content (AvgIpc) is 2.92. The second-order valence-corrected chi connectivity index (χ2v) is 10.3. The predicted octanol–water partition coefficient (Wildman–Crippen LogP) is 1.60. The minimum Gasteiger partial charge on any atom is -0.393 e. The second-order valence-electron chi connectivity index (χ2n) is 10.3. The van der Waals surface area contributed by atoms with Crippen LogP contribution in [0.15, 0.2) is 11.6 Å². The fourth-order valence-electron chi connectivity index (χ4n) is 7.91. The Morgan fingerprint density at radius 1 is 1.24 bits per heavy atom. The highest BCUT2D eigenvalue weighted by molar-refractivity contribution is 5.96. The first-order chi connectivity index (χ1) is 13.5. The van der Waals surface area contributed by atoms with Crippen molar-refractivity contribution >= 4 is 17.3 Å². The van der Waals surface area contributed by atoms with Gasteiger partial charge in [0.25, 0.3) is 0 Å². The Hall–Kier alpha value is -1.37. The zero-order chi connectivity index (χ0) is 21.4. The van der Waals surface area contributed by atoms with Crippen LogP contribution < -0.4 is 0 Å². The molecule has 3 fully saturated rings. The van der Waals surface area contributed by atoms with E-state index in [-0.39, 0.29) is 48.6 Å². The Morgan fingerprint density at radius 3 is 2.55 bits per heavy atom. The third-order valence-electron chi connectivity index (χ3n) is 9.30. The van der Waals surface area contributed by atoms with Crippen molar-refractivity contribution in [3.8, 4) is 0 Å². The largest absolute Gasteiger partial charge is 0.393 e. The quantitative estimate of drug-likeness (QED) is 0.659. The number of carbonyl (C=O) groups is 3. The number of hydrogen-bond donors (Lipinski definition) is 3. The highest BCUT2D eigenvalue weighted by Crippen LogP contribution is 2.68. The summed E-state index contributed by atoms with van der Waals surface area (Å²) < 4.78 is 0. The van der Waals surface area contributed by atoms with Gasteiger partial charge >= 0.3 is 0 Å². The maximum absolute atomic E-state index is 12.5.